The minimum Gasteiger partial charge on any atom is -0.379 e. The molecule has 142 valence electrons. The molecule has 2 heterocycles. The lowest BCUT2D eigenvalue weighted by Crippen LogP contribution is -2.53. The van der Waals surface area contributed by atoms with Crippen molar-refractivity contribution in [3.63, 3.8) is 0 Å². The Labute approximate surface area is 151 Å². The highest BCUT2D eigenvalue weighted by Crippen LogP contribution is 2.19. The van der Waals surface area contributed by atoms with Gasteiger partial charge >= 0.3 is 0 Å². The van der Waals surface area contributed by atoms with Crippen molar-refractivity contribution in [3.8, 4) is 0 Å². The zero-order chi connectivity index (χ0) is 17.9. The molecule has 0 aliphatic carbocycles. The third kappa shape index (κ3) is 6.32. The van der Waals surface area contributed by atoms with Gasteiger partial charge in [0.25, 0.3) is 0 Å². The minimum absolute atomic E-state index is 0.509. The zero-order valence-corrected chi connectivity index (χ0v) is 15.9. The summed E-state index contributed by atoms with van der Waals surface area (Å²) in [5.74, 6) is 1.54. The van der Waals surface area contributed by atoms with Gasteiger partial charge in [0.05, 0.1) is 25.5 Å². The number of nitrogens with zero attached hydrogens (tertiary/aromatic N) is 3. The van der Waals surface area contributed by atoms with E-state index in [1.807, 2.05) is 6.07 Å². The number of hydrogen-bond donors (Lipinski definition) is 3. The fourth-order valence-corrected chi connectivity index (χ4v) is 3.42. The molecule has 0 radical (unpaired) electrons. The maximum atomic E-state index is 5.53. The van der Waals surface area contributed by atoms with E-state index in [9.17, 15) is 0 Å². The van der Waals surface area contributed by atoms with Crippen molar-refractivity contribution < 1.29 is 4.74 Å². The van der Waals surface area contributed by atoms with Crippen LogP contribution >= 0.6 is 0 Å². The van der Waals surface area contributed by atoms with Gasteiger partial charge < -0.3 is 15.4 Å². The summed E-state index contributed by atoms with van der Waals surface area (Å²) in [6.45, 7) is 12.7. The van der Waals surface area contributed by atoms with Gasteiger partial charge in [0.2, 0.25) is 0 Å². The van der Waals surface area contributed by atoms with Crippen molar-refractivity contribution in [1.82, 2.24) is 25.7 Å². The predicted octanol–water partition coefficient (Wildman–Crippen LogP) is 1.60. The Hall–Kier alpha value is -1.60. The van der Waals surface area contributed by atoms with Gasteiger partial charge in [-0.25, -0.2) is 4.99 Å². The maximum Gasteiger partial charge on any atom is 0.191 e. The normalized spacial score (nSPS) is 17.7. The molecule has 7 nitrogen and oxygen atoms in total. The van der Waals surface area contributed by atoms with Crippen molar-refractivity contribution in [2.75, 3.05) is 39.4 Å². The molecule has 1 atom stereocenters. The van der Waals surface area contributed by atoms with Crippen molar-refractivity contribution in [1.29, 1.82) is 0 Å². The van der Waals surface area contributed by atoms with E-state index < -0.39 is 0 Å². The molecule has 1 aromatic heterocycles. The number of guanidine groups is 1. The number of morpholine rings is 1. The third-order valence-electron chi connectivity index (χ3n) is 4.90. The summed E-state index contributed by atoms with van der Waals surface area (Å²) in [6, 6.07) is 2.46. The number of nitrogens with one attached hydrogen (secondary N) is 3. The Bertz CT molecular complexity index is 480. The SMILES string of the molecule is CCNC(=NCc1ccn[nH]1)NCC(C(CC)CC)N1CCOCC1. The first-order valence-corrected chi connectivity index (χ1v) is 9.60. The second-order valence-corrected chi connectivity index (χ2v) is 6.45. The van der Waals surface area contributed by atoms with Crippen LogP contribution in [0.3, 0.4) is 0 Å². The van der Waals surface area contributed by atoms with Crippen LogP contribution in [0, 0.1) is 5.92 Å². The van der Waals surface area contributed by atoms with Crippen LogP contribution in [0.4, 0.5) is 0 Å². The van der Waals surface area contributed by atoms with Crippen molar-refractivity contribution in [2.24, 2.45) is 10.9 Å². The summed E-state index contributed by atoms with van der Waals surface area (Å²) in [7, 11) is 0. The molecule has 0 saturated carbocycles. The van der Waals surface area contributed by atoms with Crippen LogP contribution in [0.5, 0.6) is 0 Å². The van der Waals surface area contributed by atoms with E-state index >= 15 is 0 Å². The molecule has 0 aromatic carbocycles. The van der Waals surface area contributed by atoms with Gasteiger partial charge in [0.1, 0.15) is 0 Å². The van der Waals surface area contributed by atoms with Gasteiger partial charge in [-0.05, 0) is 18.9 Å². The summed E-state index contributed by atoms with van der Waals surface area (Å²) < 4.78 is 5.53. The molecule has 7 heteroatoms. The Kier molecular flexibility index (Phi) is 8.76. The molecule has 1 aliphatic heterocycles. The Morgan fingerprint density at radius 1 is 1.28 bits per heavy atom. The van der Waals surface area contributed by atoms with Gasteiger partial charge in [-0.1, -0.05) is 26.7 Å². The first kappa shape index (κ1) is 19.7. The van der Waals surface area contributed by atoms with Crippen LogP contribution in [0.15, 0.2) is 17.3 Å². The largest absolute Gasteiger partial charge is 0.379 e. The van der Waals surface area contributed by atoms with E-state index in [0.717, 1.165) is 51.0 Å². The fraction of sp³-hybridized carbons (Fsp3) is 0.778. The molecule has 0 spiro atoms. The van der Waals surface area contributed by atoms with Crippen LogP contribution in [0.2, 0.25) is 0 Å². The molecule has 0 amide bonds. The molecule has 1 aromatic rings. The van der Waals surface area contributed by atoms with Crippen LogP contribution in [0.1, 0.15) is 39.3 Å². The molecule has 1 saturated heterocycles. The standard InChI is InChI=1S/C18H34N6O/c1-4-15(5-2)17(24-9-11-25-12-10-24)14-21-18(19-6-3)20-13-16-7-8-22-23-16/h7-8,15,17H,4-6,9-14H2,1-3H3,(H,22,23)(H2,19,20,21). The molecule has 1 unspecified atom stereocenters. The lowest BCUT2D eigenvalue weighted by atomic mass is 9.92. The second-order valence-electron chi connectivity index (χ2n) is 6.45. The Morgan fingerprint density at radius 2 is 2.04 bits per heavy atom. The van der Waals surface area contributed by atoms with Crippen LogP contribution in [-0.2, 0) is 11.3 Å². The van der Waals surface area contributed by atoms with Gasteiger partial charge in [-0.15, -0.1) is 0 Å². The monoisotopic (exact) mass is 350 g/mol. The Balaban J connectivity index is 1.98. The number of aromatic nitrogens is 2. The highest BCUT2D eigenvalue weighted by Gasteiger charge is 2.26. The lowest BCUT2D eigenvalue weighted by Gasteiger charge is -2.39. The number of H-pyrrole nitrogens is 1. The summed E-state index contributed by atoms with van der Waals surface area (Å²) >= 11 is 0. The zero-order valence-electron chi connectivity index (χ0n) is 15.9. The highest BCUT2D eigenvalue weighted by atomic mass is 16.5. The van der Waals surface area contributed by atoms with Crippen LogP contribution in [0.25, 0.3) is 0 Å². The summed E-state index contributed by atoms with van der Waals surface area (Å²) in [5, 5.41) is 13.8. The predicted molar refractivity (Wildman–Crippen MR) is 102 cm³/mol. The number of ether oxygens (including phenoxy) is 1. The average molecular weight is 351 g/mol. The quantitative estimate of drug-likeness (QED) is 0.466. The lowest BCUT2D eigenvalue weighted by molar-refractivity contribution is 0.00272. The molecule has 25 heavy (non-hydrogen) atoms. The third-order valence-corrected chi connectivity index (χ3v) is 4.90. The number of hydrogen-bond acceptors (Lipinski definition) is 4. The topological polar surface area (TPSA) is 77.6 Å². The molecule has 3 N–H and O–H groups in total. The molecule has 2 rings (SSSR count). The molecule has 1 aliphatic rings. The number of aromatic amines is 1. The van der Waals surface area contributed by atoms with E-state index in [-0.39, 0.29) is 0 Å². The van der Waals surface area contributed by atoms with Gasteiger partial charge in [-0.3, -0.25) is 10.00 Å². The van der Waals surface area contributed by atoms with Gasteiger partial charge in [0.15, 0.2) is 5.96 Å². The smallest absolute Gasteiger partial charge is 0.191 e. The Morgan fingerprint density at radius 3 is 2.64 bits per heavy atom. The maximum absolute atomic E-state index is 5.53. The van der Waals surface area contributed by atoms with Crippen LogP contribution in [-0.4, -0.2) is 66.5 Å². The first-order chi connectivity index (χ1) is 12.3. The number of rotatable bonds is 9. The highest BCUT2D eigenvalue weighted by molar-refractivity contribution is 5.79. The molecular weight excluding hydrogens is 316 g/mol. The van der Waals surface area contributed by atoms with E-state index in [1.54, 1.807) is 6.20 Å². The van der Waals surface area contributed by atoms with E-state index in [4.69, 9.17) is 4.74 Å². The molecule has 0 bridgehead atoms. The van der Waals surface area contributed by atoms with Gasteiger partial charge in [0, 0.05) is 38.4 Å². The fourth-order valence-electron chi connectivity index (χ4n) is 3.42. The van der Waals surface area contributed by atoms with E-state index in [2.05, 4.69) is 51.5 Å². The minimum atomic E-state index is 0.509. The summed E-state index contributed by atoms with van der Waals surface area (Å²) in [4.78, 5) is 7.24. The van der Waals surface area contributed by atoms with Crippen LogP contribution < -0.4 is 10.6 Å². The van der Waals surface area contributed by atoms with E-state index in [1.165, 1.54) is 12.8 Å². The molecule has 1 fully saturated rings. The van der Waals surface area contributed by atoms with Gasteiger partial charge in [-0.2, -0.15) is 5.10 Å². The van der Waals surface area contributed by atoms with Crippen molar-refractivity contribution in [2.45, 2.75) is 46.2 Å². The van der Waals surface area contributed by atoms with E-state index in [0.29, 0.717) is 18.5 Å². The average Bonchev–Trinajstić information content (AvgIpc) is 3.17. The van der Waals surface area contributed by atoms with Crippen molar-refractivity contribution in [3.05, 3.63) is 18.0 Å². The summed E-state index contributed by atoms with van der Waals surface area (Å²) in [5.41, 5.74) is 1.02. The van der Waals surface area contributed by atoms with Crippen molar-refractivity contribution >= 4 is 5.96 Å². The summed E-state index contributed by atoms with van der Waals surface area (Å²) in [6.07, 6.45) is 4.15. The second kappa shape index (κ2) is 11.1. The number of aliphatic imine (C=N–C) groups is 1. The first-order valence-electron chi connectivity index (χ1n) is 9.60. The molecular formula is C18H34N6O.